The van der Waals surface area contributed by atoms with Crippen LogP contribution < -0.4 is 0 Å². The molecular formula is C19H24N2O3. The van der Waals surface area contributed by atoms with Gasteiger partial charge in [0.25, 0.3) is 6.47 Å². The summed E-state index contributed by atoms with van der Waals surface area (Å²) in [7, 11) is 0. The van der Waals surface area contributed by atoms with E-state index in [0.29, 0.717) is 0 Å². The molecule has 1 fully saturated rings. The van der Waals surface area contributed by atoms with Crippen LogP contribution in [0.2, 0.25) is 0 Å². The van der Waals surface area contributed by atoms with E-state index in [1.807, 2.05) is 24.5 Å². The smallest absolute Gasteiger partial charge is 0.290 e. The first-order valence-electron chi connectivity index (χ1n) is 8.06. The largest absolute Gasteiger partial charge is 0.483 e. The molecule has 5 heteroatoms. The van der Waals surface area contributed by atoms with Crippen molar-refractivity contribution in [1.82, 2.24) is 9.88 Å². The first-order valence-corrected chi connectivity index (χ1v) is 8.06. The Morgan fingerprint density at radius 2 is 1.83 bits per heavy atom. The zero-order valence-electron chi connectivity index (χ0n) is 13.9. The molecule has 0 aliphatic carbocycles. The number of aromatic nitrogens is 1. The third-order valence-corrected chi connectivity index (χ3v) is 4.39. The molecular weight excluding hydrogens is 304 g/mol. The van der Waals surface area contributed by atoms with Crippen molar-refractivity contribution in [2.75, 3.05) is 13.1 Å². The van der Waals surface area contributed by atoms with Gasteiger partial charge in [-0.2, -0.15) is 0 Å². The van der Waals surface area contributed by atoms with Crippen molar-refractivity contribution < 1.29 is 15.0 Å². The molecule has 128 valence electrons. The molecule has 1 aliphatic rings. The molecule has 1 aliphatic heterocycles. The summed E-state index contributed by atoms with van der Waals surface area (Å²) in [5.74, 6) is 0. The molecule has 0 spiro atoms. The number of aryl methyl sites for hydroxylation is 1. The predicted molar refractivity (Wildman–Crippen MR) is 92.5 cm³/mol. The van der Waals surface area contributed by atoms with Gasteiger partial charge in [0.05, 0.1) is 5.60 Å². The van der Waals surface area contributed by atoms with Gasteiger partial charge in [0, 0.05) is 32.0 Å². The molecule has 0 saturated carbocycles. The molecule has 0 bridgehead atoms. The van der Waals surface area contributed by atoms with E-state index in [4.69, 9.17) is 9.90 Å². The van der Waals surface area contributed by atoms with Crippen molar-refractivity contribution in [3.63, 3.8) is 0 Å². The molecule has 5 nitrogen and oxygen atoms in total. The summed E-state index contributed by atoms with van der Waals surface area (Å²) in [4.78, 5) is 14.8. The van der Waals surface area contributed by atoms with Crippen LogP contribution in [-0.4, -0.2) is 39.7 Å². The van der Waals surface area contributed by atoms with Crippen LogP contribution in [0, 0.1) is 6.92 Å². The number of carboxylic acid groups (broad SMARTS) is 1. The van der Waals surface area contributed by atoms with E-state index in [2.05, 4.69) is 41.1 Å². The molecule has 24 heavy (non-hydrogen) atoms. The van der Waals surface area contributed by atoms with Gasteiger partial charge in [0.2, 0.25) is 0 Å². The minimum Gasteiger partial charge on any atom is -0.483 e. The topological polar surface area (TPSA) is 73.7 Å². The van der Waals surface area contributed by atoms with Gasteiger partial charge < -0.3 is 10.2 Å². The van der Waals surface area contributed by atoms with Crippen LogP contribution in [0.15, 0.2) is 48.8 Å². The lowest BCUT2D eigenvalue weighted by molar-refractivity contribution is -0.122. The monoisotopic (exact) mass is 328 g/mol. The zero-order valence-corrected chi connectivity index (χ0v) is 13.9. The van der Waals surface area contributed by atoms with Gasteiger partial charge in [-0.25, -0.2) is 0 Å². The number of rotatable bonds is 3. The van der Waals surface area contributed by atoms with Gasteiger partial charge >= 0.3 is 0 Å². The van der Waals surface area contributed by atoms with Crippen LogP contribution in [-0.2, 0) is 16.9 Å². The second-order valence-electron chi connectivity index (χ2n) is 6.14. The SMILES string of the molecule is Cc1cccc(C2(O)CCN(Cc3ccncc3)CC2)c1.O=CO. The van der Waals surface area contributed by atoms with Crippen LogP contribution in [0.5, 0.6) is 0 Å². The highest BCUT2D eigenvalue weighted by Gasteiger charge is 2.33. The number of pyridine rings is 1. The number of likely N-dealkylation sites (tertiary alicyclic amines) is 1. The Morgan fingerprint density at radius 1 is 1.21 bits per heavy atom. The Labute approximate surface area is 142 Å². The fourth-order valence-corrected chi connectivity index (χ4v) is 3.05. The second kappa shape index (κ2) is 8.57. The third-order valence-electron chi connectivity index (χ3n) is 4.39. The molecule has 0 radical (unpaired) electrons. The quantitative estimate of drug-likeness (QED) is 0.847. The molecule has 1 aromatic heterocycles. The maximum Gasteiger partial charge on any atom is 0.290 e. The fourth-order valence-electron chi connectivity index (χ4n) is 3.05. The summed E-state index contributed by atoms with van der Waals surface area (Å²) in [6.45, 7) is 4.61. The molecule has 0 atom stereocenters. The van der Waals surface area contributed by atoms with E-state index in [1.165, 1.54) is 11.1 Å². The molecule has 2 heterocycles. The van der Waals surface area contributed by atoms with Crippen molar-refractivity contribution in [1.29, 1.82) is 0 Å². The van der Waals surface area contributed by atoms with E-state index >= 15 is 0 Å². The van der Waals surface area contributed by atoms with E-state index in [9.17, 15) is 5.11 Å². The average molecular weight is 328 g/mol. The standard InChI is InChI=1S/C18H22N2O.CH2O2/c1-15-3-2-4-17(13-15)18(21)7-11-20(12-8-18)14-16-5-9-19-10-6-16;2-1-3/h2-6,9-10,13,21H,7-8,11-12,14H2,1H3;1H,(H,2,3). The van der Waals surface area contributed by atoms with E-state index in [-0.39, 0.29) is 6.47 Å². The first-order chi connectivity index (χ1) is 11.6. The average Bonchev–Trinajstić information content (AvgIpc) is 2.59. The van der Waals surface area contributed by atoms with Crippen molar-refractivity contribution in [2.24, 2.45) is 0 Å². The van der Waals surface area contributed by atoms with Crippen LogP contribution in [0.4, 0.5) is 0 Å². The Bertz CT molecular complexity index is 638. The number of benzene rings is 1. The number of hydrogen-bond acceptors (Lipinski definition) is 4. The van der Waals surface area contributed by atoms with Gasteiger partial charge in [-0.05, 0) is 43.0 Å². The summed E-state index contributed by atoms with van der Waals surface area (Å²) in [5.41, 5.74) is 2.89. The second-order valence-corrected chi connectivity index (χ2v) is 6.14. The third kappa shape index (κ3) is 4.88. The molecule has 1 saturated heterocycles. The van der Waals surface area contributed by atoms with Crippen molar-refractivity contribution in [3.8, 4) is 0 Å². The lowest BCUT2D eigenvalue weighted by Gasteiger charge is -2.38. The molecule has 3 rings (SSSR count). The van der Waals surface area contributed by atoms with Crippen LogP contribution in [0.25, 0.3) is 0 Å². The molecule has 0 amide bonds. The summed E-state index contributed by atoms with van der Waals surface area (Å²) >= 11 is 0. The van der Waals surface area contributed by atoms with Gasteiger partial charge in [0.1, 0.15) is 0 Å². The molecule has 1 aromatic carbocycles. The Morgan fingerprint density at radius 3 is 2.42 bits per heavy atom. The zero-order chi connectivity index (χ0) is 17.4. The van der Waals surface area contributed by atoms with Gasteiger partial charge in [-0.15, -0.1) is 0 Å². The molecule has 0 unspecified atom stereocenters. The van der Waals surface area contributed by atoms with Gasteiger partial charge in [-0.3, -0.25) is 14.7 Å². The number of nitrogens with zero attached hydrogens (tertiary/aromatic N) is 2. The lowest BCUT2D eigenvalue weighted by atomic mass is 9.84. The molecule has 2 aromatic rings. The number of piperidine rings is 1. The number of carbonyl (C=O) groups is 1. The first kappa shape index (κ1) is 18.1. The lowest BCUT2D eigenvalue weighted by Crippen LogP contribution is -2.42. The van der Waals surface area contributed by atoms with Crippen molar-refractivity contribution in [3.05, 3.63) is 65.5 Å². The van der Waals surface area contributed by atoms with E-state index in [0.717, 1.165) is 38.0 Å². The van der Waals surface area contributed by atoms with Crippen molar-refractivity contribution in [2.45, 2.75) is 31.9 Å². The summed E-state index contributed by atoms with van der Waals surface area (Å²) in [6.07, 6.45) is 5.26. The van der Waals surface area contributed by atoms with Gasteiger partial charge in [-0.1, -0.05) is 29.8 Å². The van der Waals surface area contributed by atoms with Crippen LogP contribution in [0.1, 0.15) is 29.5 Å². The van der Waals surface area contributed by atoms with Crippen LogP contribution in [0.3, 0.4) is 0 Å². The minimum absolute atomic E-state index is 0.250. The summed E-state index contributed by atoms with van der Waals surface area (Å²) in [5, 5.41) is 17.8. The highest BCUT2D eigenvalue weighted by atomic mass is 16.3. The maximum absolute atomic E-state index is 10.9. The van der Waals surface area contributed by atoms with E-state index < -0.39 is 5.60 Å². The predicted octanol–water partition coefficient (Wildman–Crippen LogP) is 2.57. The Hall–Kier alpha value is -2.24. The molecule has 2 N–H and O–H groups in total. The summed E-state index contributed by atoms with van der Waals surface area (Å²) in [6, 6.07) is 12.4. The fraction of sp³-hybridized carbons (Fsp3) is 0.368. The minimum atomic E-state index is -0.666. The number of aliphatic hydroxyl groups is 1. The van der Waals surface area contributed by atoms with Gasteiger partial charge in [0.15, 0.2) is 0 Å². The van der Waals surface area contributed by atoms with E-state index in [1.54, 1.807) is 0 Å². The normalized spacial score (nSPS) is 16.8. The Kier molecular flexibility index (Phi) is 6.46. The summed E-state index contributed by atoms with van der Waals surface area (Å²) < 4.78 is 0. The van der Waals surface area contributed by atoms with Crippen LogP contribution >= 0.6 is 0 Å². The maximum atomic E-state index is 10.9. The Balaban J connectivity index is 0.000000647. The highest BCUT2D eigenvalue weighted by Crippen LogP contribution is 2.33. The number of hydrogen-bond donors (Lipinski definition) is 2. The van der Waals surface area contributed by atoms with Crippen molar-refractivity contribution >= 4 is 6.47 Å². The highest BCUT2D eigenvalue weighted by molar-refractivity contribution is 5.32.